The zero-order chi connectivity index (χ0) is 11.8. The fourth-order valence-corrected chi connectivity index (χ4v) is 0.447. The maximum absolute atomic E-state index is 4.63. The molecule has 0 aliphatic rings. The number of hydrogen-bond acceptors (Lipinski definition) is 8. The van der Waals surface area contributed by atoms with Crippen LogP contribution in [0.5, 0.6) is 0 Å². The average molecular weight is 393 g/mol. The third kappa shape index (κ3) is 16.4. The topological polar surface area (TPSA) is 36.9 Å². The third-order valence-electron chi connectivity index (χ3n) is 0.894. The van der Waals surface area contributed by atoms with Crippen molar-refractivity contribution in [2.24, 2.45) is 0 Å². The van der Waals surface area contributed by atoms with Gasteiger partial charge in [0, 0.05) is 28.4 Å². The van der Waals surface area contributed by atoms with Crippen molar-refractivity contribution < 1.29 is 18.1 Å². The van der Waals surface area contributed by atoms with Crippen molar-refractivity contribution in [2.75, 3.05) is 28.4 Å². The maximum atomic E-state index is 4.63. The van der Waals surface area contributed by atoms with Gasteiger partial charge >= 0.3 is 17.1 Å². The first-order valence-electron chi connectivity index (χ1n) is 3.09. The van der Waals surface area contributed by atoms with Gasteiger partial charge in [-0.3, -0.25) is 0 Å². The molecule has 0 unspecified atom stereocenters. The summed E-state index contributed by atoms with van der Waals surface area (Å²) >= 11 is 18.5. The Morgan fingerprint density at radius 3 is 0.867 bits per heavy atom. The van der Waals surface area contributed by atoms with E-state index in [9.17, 15) is 0 Å². The molecule has 0 spiro atoms. The van der Waals surface area contributed by atoms with Crippen LogP contribution in [0.1, 0.15) is 0 Å². The zero-order valence-electron chi connectivity index (χ0n) is 8.57. The fraction of sp³-hybridized carbons (Fsp3) is 1.00. The van der Waals surface area contributed by atoms with E-state index in [1.165, 1.54) is 28.4 Å². The summed E-state index contributed by atoms with van der Waals surface area (Å²) in [4.78, 5) is 0. The van der Waals surface area contributed by atoms with Crippen molar-refractivity contribution in [1.29, 1.82) is 0 Å². The van der Waals surface area contributed by atoms with Crippen LogP contribution in [0.15, 0.2) is 0 Å². The number of hydrogen-bond donors (Lipinski definition) is 0. The van der Waals surface area contributed by atoms with Crippen LogP contribution in [0, 0.1) is 0 Å². The van der Waals surface area contributed by atoms with Gasteiger partial charge in [-0.2, -0.15) is 0 Å². The summed E-state index contributed by atoms with van der Waals surface area (Å²) in [6, 6.07) is 0. The second kappa shape index (κ2) is 11.4. The predicted molar refractivity (Wildman–Crippen MR) is 77.1 cm³/mol. The predicted octanol–water partition coefficient (Wildman–Crippen LogP) is 1.72. The first-order valence-corrected chi connectivity index (χ1v) is 10.4. The summed E-state index contributed by atoms with van der Waals surface area (Å²) in [6.45, 7) is 0. The molecule has 0 saturated heterocycles. The summed E-state index contributed by atoms with van der Waals surface area (Å²) in [5.41, 5.74) is -4.48. The van der Waals surface area contributed by atoms with E-state index in [-0.39, 0.29) is 17.1 Å². The van der Waals surface area contributed by atoms with Gasteiger partial charge in [-0.1, -0.05) is 23.6 Å². The van der Waals surface area contributed by atoms with E-state index in [2.05, 4.69) is 66.2 Å². The standard InChI is InChI=1S/2C2H7O2PS2.Se/c2*1-3-5(6,7)4-2;/h2*1-2H3,(H,6,7);/q;;+2/p-2. The van der Waals surface area contributed by atoms with Crippen molar-refractivity contribution in [1.82, 2.24) is 0 Å². The van der Waals surface area contributed by atoms with Crippen LogP contribution in [-0.4, -0.2) is 45.5 Å². The van der Waals surface area contributed by atoms with E-state index in [1.54, 1.807) is 0 Å². The summed E-state index contributed by atoms with van der Waals surface area (Å²) in [5.74, 6) is 0. The molecule has 0 heterocycles. The van der Waals surface area contributed by atoms with Crippen LogP contribution in [0.25, 0.3) is 0 Å². The molecule has 0 amide bonds. The van der Waals surface area contributed by atoms with Crippen molar-refractivity contribution in [2.45, 2.75) is 0 Å². The minimum atomic E-state index is -2.24. The van der Waals surface area contributed by atoms with Gasteiger partial charge in [0.05, 0.1) is 11.4 Å². The molecular formula is C4H12O4P2S4Se. The minimum Gasteiger partial charge on any atom is -0.691 e. The van der Waals surface area contributed by atoms with Crippen LogP contribution in [0.2, 0.25) is 0 Å². The Morgan fingerprint density at radius 1 is 0.733 bits per heavy atom. The second-order valence-electron chi connectivity index (χ2n) is 1.62. The van der Waals surface area contributed by atoms with Crippen molar-refractivity contribution in [3.05, 3.63) is 0 Å². The van der Waals surface area contributed by atoms with Gasteiger partial charge in [0.25, 0.3) is 0 Å². The zero-order valence-corrected chi connectivity index (χ0v) is 15.3. The van der Waals surface area contributed by atoms with Crippen LogP contribution in [-0.2, 0) is 66.2 Å². The van der Waals surface area contributed by atoms with E-state index in [0.717, 1.165) is 0 Å². The van der Waals surface area contributed by atoms with Gasteiger partial charge in [-0.15, -0.1) is 0 Å². The van der Waals surface area contributed by atoms with Gasteiger partial charge in [-0.05, 0) is 0 Å². The third-order valence-corrected chi connectivity index (χ3v) is 6.26. The average Bonchev–Trinajstić information content (AvgIpc) is 2.19. The van der Waals surface area contributed by atoms with Crippen molar-refractivity contribution in [3.63, 3.8) is 0 Å². The molecule has 0 aromatic heterocycles. The quantitative estimate of drug-likeness (QED) is 0.406. The van der Waals surface area contributed by atoms with E-state index < -0.39 is 11.4 Å². The van der Waals surface area contributed by atoms with Gasteiger partial charge in [-0.25, -0.2) is 0 Å². The Hall–Kier alpha value is 2.36. The molecule has 4 radical (unpaired) electrons. The Morgan fingerprint density at radius 2 is 0.867 bits per heavy atom. The first-order chi connectivity index (χ1) is 6.24. The monoisotopic (exact) mass is 394 g/mol. The van der Waals surface area contributed by atoms with Crippen LogP contribution < -0.4 is 0 Å². The summed E-state index contributed by atoms with van der Waals surface area (Å²) in [6.07, 6.45) is 0. The fourth-order valence-electron chi connectivity index (χ4n) is 0.149. The Balaban J connectivity index is -0.000000180. The minimum absolute atomic E-state index is 0. The van der Waals surface area contributed by atoms with Crippen LogP contribution in [0.4, 0.5) is 0 Å². The van der Waals surface area contributed by atoms with Gasteiger partial charge < -0.3 is 42.6 Å². The molecule has 92 valence electrons. The Kier molecular flexibility index (Phi) is 17.2. The molecule has 0 aromatic carbocycles. The molecule has 0 aromatic rings. The van der Waals surface area contributed by atoms with Crippen molar-refractivity contribution >= 4 is 76.6 Å². The van der Waals surface area contributed by atoms with Crippen LogP contribution >= 0.6 is 11.4 Å². The SMILES string of the molecule is COP(=S)([S-])OC.COP(=S)([S-])OC.[Se+2]. The van der Waals surface area contributed by atoms with E-state index in [1.807, 2.05) is 0 Å². The van der Waals surface area contributed by atoms with E-state index >= 15 is 0 Å². The van der Waals surface area contributed by atoms with Crippen molar-refractivity contribution in [3.8, 4) is 0 Å². The molecule has 0 N–H and O–H groups in total. The maximum Gasteiger partial charge on any atom is 2.00 e. The molecule has 0 saturated carbocycles. The molecule has 0 fully saturated rings. The summed E-state index contributed by atoms with van der Waals surface area (Å²) < 4.78 is 18.4. The summed E-state index contributed by atoms with van der Waals surface area (Å²) in [7, 11) is 5.82. The summed E-state index contributed by atoms with van der Waals surface area (Å²) in [5, 5.41) is 0. The first kappa shape index (κ1) is 22.5. The molecule has 15 heavy (non-hydrogen) atoms. The largest absolute Gasteiger partial charge is 2.00 e. The molecule has 0 bridgehead atoms. The van der Waals surface area contributed by atoms with Gasteiger partial charge in [0.15, 0.2) is 0 Å². The number of rotatable bonds is 4. The van der Waals surface area contributed by atoms with E-state index in [4.69, 9.17) is 0 Å². The van der Waals surface area contributed by atoms with Gasteiger partial charge in [0.2, 0.25) is 0 Å². The Labute approximate surface area is 122 Å². The van der Waals surface area contributed by atoms with E-state index in [0.29, 0.717) is 0 Å². The second-order valence-corrected chi connectivity index (χ2v) is 12.0. The molecule has 0 aliphatic carbocycles. The normalized spacial score (nSPS) is 11.1. The smallest absolute Gasteiger partial charge is 0.691 e. The van der Waals surface area contributed by atoms with Crippen LogP contribution in [0.3, 0.4) is 0 Å². The molecule has 0 rings (SSSR count). The Bertz CT molecular complexity index is 201. The molecule has 11 heteroatoms. The molecule has 0 atom stereocenters. The molecule has 0 aliphatic heterocycles. The molecular weight excluding hydrogens is 381 g/mol. The van der Waals surface area contributed by atoms with Gasteiger partial charge in [0.1, 0.15) is 0 Å². The molecule has 4 nitrogen and oxygen atoms in total.